The number of rotatable bonds is 6. The first kappa shape index (κ1) is 17.7. The largest absolute Gasteiger partial charge is 0.491 e. The van der Waals surface area contributed by atoms with Gasteiger partial charge in [-0.1, -0.05) is 53.7 Å². The quantitative estimate of drug-likeness (QED) is 0.671. The Kier molecular flexibility index (Phi) is 5.37. The zero-order chi connectivity index (χ0) is 18.5. The van der Waals surface area contributed by atoms with Crippen LogP contribution in [0.1, 0.15) is 21.7 Å². The highest BCUT2D eigenvalue weighted by atomic mass is 16.5. The van der Waals surface area contributed by atoms with Crippen molar-refractivity contribution in [2.75, 3.05) is 20.2 Å². The van der Waals surface area contributed by atoms with Crippen molar-refractivity contribution in [2.45, 2.75) is 13.8 Å². The fourth-order valence-electron chi connectivity index (χ4n) is 2.72. The number of carbonyl (C=O) groups is 1. The molecule has 3 rings (SSSR count). The summed E-state index contributed by atoms with van der Waals surface area (Å²) < 4.78 is 11.1. The van der Waals surface area contributed by atoms with Gasteiger partial charge in [0, 0.05) is 12.6 Å². The molecule has 5 heteroatoms. The number of nitrogens with zero attached hydrogens (tertiary/aromatic N) is 2. The van der Waals surface area contributed by atoms with E-state index >= 15 is 0 Å². The average Bonchev–Trinajstić information content (AvgIpc) is 3.04. The number of hydrogen-bond donors (Lipinski definition) is 0. The van der Waals surface area contributed by atoms with E-state index in [9.17, 15) is 4.79 Å². The van der Waals surface area contributed by atoms with Crippen molar-refractivity contribution in [3.63, 3.8) is 0 Å². The highest BCUT2D eigenvalue weighted by Gasteiger charge is 2.24. The van der Waals surface area contributed by atoms with E-state index in [2.05, 4.69) is 5.16 Å². The van der Waals surface area contributed by atoms with Gasteiger partial charge >= 0.3 is 0 Å². The number of likely N-dealkylation sites (N-methyl/N-ethyl adjacent to an activating group) is 1. The molecule has 0 radical (unpaired) electrons. The third-order valence-corrected chi connectivity index (χ3v) is 4.25. The number of ether oxygens (including phenoxy) is 1. The normalized spacial score (nSPS) is 10.6. The number of aromatic nitrogens is 1. The van der Waals surface area contributed by atoms with Gasteiger partial charge in [-0.15, -0.1) is 0 Å². The Hall–Kier alpha value is -3.08. The third kappa shape index (κ3) is 3.77. The molecule has 0 aliphatic rings. The van der Waals surface area contributed by atoms with Crippen molar-refractivity contribution >= 4 is 5.91 Å². The van der Waals surface area contributed by atoms with E-state index in [1.807, 2.05) is 61.5 Å². The fourth-order valence-corrected chi connectivity index (χ4v) is 2.72. The maximum Gasteiger partial charge on any atom is 0.259 e. The monoisotopic (exact) mass is 350 g/mol. The van der Waals surface area contributed by atoms with Crippen molar-refractivity contribution in [1.82, 2.24) is 10.1 Å². The lowest BCUT2D eigenvalue weighted by atomic mass is 10.1. The van der Waals surface area contributed by atoms with Crippen LogP contribution in [0.3, 0.4) is 0 Å². The Balaban J connectivity index is 1.69. The van der Waals surface area contributed by atoms with Gasteiger partial charge in [-0.05, 0) is 25.5 Å². The molecule has 0 spiro atoms. The molecule has 0 fully saturated rings. The average molecular weight is 350 g/mol. The van der Waals surface area contributed by atoms with Crippen LogP contribution < -0.4 is 4.74 Å². The van der Waals surface area contributed by atoms with Gasteiger partial charge in [-0.3, -0.25) is 4.79 Å². The number of carbonyl (C=O) groups excluding carboxylic acids is 1. The van der Waals surface area contributed by atoms with E-state index in [0.717, 1.165) is 16.9 Å². The Bertz CT molecular complexity index is 887. The van der Waals surface area contributed by atoms with Crippen LogP contribution in [-0.2, 0) is 0 Å². The predicted octanol–water partition coefficient (Wildman–Crippen LogP) is 4.11. The summed E-state index contributed by atoms with van der Waals surface area (Å²) in [6.45, 7) is 4.63. The molecule has 0 aliphatic heterocycles. The second-order valence-corrected chi connectivity index (χ2v) is 6.17. The molecule has 2 aromatic carbocycles. The third-order valence-electron chi connectivity index (χ3n) is 4.25. The molecular weight excluding hydrogens is 328 g/mol. The van der Waals surface area contributed by atoms with Gasteiger partial charge in [0.25, 0.3) is 5.91 Å². The van der Waals surface area contributed by atoms with Gasteiger partial charge in [0.2, 0.25) is 0 Å². The molecule has 5 nitrogen and oxygen atoms in total. The molecule has 1 amide bonds. The minimum absolute atomic E-state index is 0.129. The van der Waals surface area contributed by atoms with Gasteiger partial charge in [-0.2, -0.15) is 0 Å². The minimum atomic E-state index is -0.129. The van der Waals surface area contributed by atoms with Crippen LogP contribution >= 0.6 is 0 Å². The Morgan fingerprint density at radius 2 is 1.77 bits per heavy atom. The molecule has 3 aromatic rings. The number of para-hydroxylation sites is 1. The van der Waals surface area contributed by atoms with E-state index in [1.54, 1.807) is 18.9 Å². The van der Waals surface area contributed by atoms with Gasteiger partial charge in [-0.25, -0.2) is 0 Å². The summed E-state index contributed by atoms with van der Waals surface area (Å²) in [6, 6.07) is 17.4. The Morgan fingerprint density at radius 1 is 1.08 bits per heavy atom. The van der Waals surface area contributed by atoms with Crippen LogP contribution in [0.2, 0.25) is 0 Å². The summed E-state index contributed by atoms with van der Waals surface area (Å²) in [5.74, 6) is 1.22. The van der Waals surface area contributed by atoms with Crippen LogP contribution in [0.25, 0.3) is 11.3 Å². The molecule has 134 valence electrons. The van der Waals surface area contributed by atoms with E-state index in [0.29, 0.717) is 30.2 Å². The van der Waals surface area contributed by atoms with Crippen LogP contribution in [0.15, 0.2) is 59.1 Å². The first-order chi connectivity index (χ1) is 12.6. The van der Waals surface area contributed by atoms with Crippen molar-refractivity contribution < 1.29 is 14.1 Å². The van der Waals surface area contributed by atoms with Crippen molar-refractivity contribution in [3.8, 4) is 17.0 Å². The zero-order valence-corrected chi connectivity index (χ0v) is 15.2. The molecule has 0 aliphatic carbocycles. The lowest BCUT2D eigenvalue weighted by Crippen LogP contribution is -2.31. The Morgan fingerprint density at radius 3 is 2.50 bits per heavy atom. The van der Waals surface area contributed by atoms with E-state index in [4.69, 9.17) is 9.26 Å². The smallest absolute Gasteiger partial charge is 0.259 e. The van der Waals surface area contributed by atoms with E-state index in [1.165, 1.54) is 0 Å². The topological polar surface area (TPSA) is 55.6 Å². The van der Waals surface area contributed by atoms with Gasteiger partial charge in [0.1, 0.15) is 29.4 Å². The number of aryl methyl sites for hydroxylation is 2. The van der Waals surface area contributed by atoms with E-state index in [-0.39, 0.29) is 5.91 Å². The van der Waals surface area contributed by atoms with Crippen molar-refractivity contribution in [2.24, 2.45) is 0 Å². The Labute approximate surface area is 153 Å². The first-order valence-corrected chi connectivity index (χ1v) is 8.53. The minimum Gasteiger partial charge on any atom is -0.491 e. The van der Waals surface area contributed by atoms with E-state index < -0.39 is 0 Å². The second kappa shape index (κ2) is 7.87. The van der Waals surface area contributed by atoms with Gasteiger partial charge < -0.3 is 14.2 Å². The van der Waals surface area contributed by atoms with Crippen LogP contribution in [-0.4, -0.2) is 36.2 Å². The maximum absolute atomic E-state index is 12.9. The number of amides is 1. The zero-order valence-electron chi connectivity index (χ0n) is 15.2. The molecule has 0 bridgehead atoms. The molecular formula is C21H22N2O3. The SMILES string of the molecule is Cc1ccccc1OCCN(C)C(=O)c1c(-c2ccccc2)noc1C. The summed E-state index contributed by atoms with van der Waals surface area (Å²) in [7, 11) is 1.75. The number of hydrogen-bond acceptors (Lipinski definition) is 4. The van der Waals surface area contributed by atoms with Crippen LogP contribution in [0.5, 0.6) is 5.75 Å². The molecule has 1 aromatic heterocycles. The van der Waals surface area contributed by atoms with Gasteiger partial charge in [0.05, 0.1) is 6.54 Å². The van der Waals surface area contributed by atoms with Crippen LogP contribution in [0, 0.1) is 13.8 Å². The second-order valence-electron chi connectivity index (χ2n) is 6.17. The lowest BCUT2D eigenvalue weighted by molar-refractivity contribution is 0.0772. The van der Waals surface area contributed by atoms with Crippen molar-refractivity contribution in [1.29, 1.82) is 0 Å². The van der Waals surface area contributed by atoms with Crippen LogP contribution in [0.4, 0.5) is 0 Å². The van der Waals surface area contributed by atoms with Gasteiger partial charge in [0.15, 0.2) is 0 Å². The fraction of sp³-hybridized carbons (Fsp3) is 0.238. The van der Waals surface area contributed by atoms with Crippen molar-refractivity contribution in [3.05, 3.63) is 71.5 Å². The molecule has 0 atom stereocenters. The molecule has 0 N–H and O–H groups in total. The predicted molar refractivity (Wildman–Crippen MR) is 100 cm³/mol. The molecule has 26 heavy (non-hydrogen) atoms. The summed E-state index contributed by atoms with van der Waals surface area (Å²) >= 11 is 0. The standard InChI is InChI=1S/C21H22N2O3/c1-15-9-7-8-12-18(15)25-14-13-23(3)21(24)19-16(2)26-22-20(19)17-10-5-4-6-11-17/h4-12H,13-14H2,1-3H3. The molecule has 1 heterocycles. The molecule has 0 saturated heterocycles. The lowest BCUT2D eigenvalue weighted by Gasteiger charge is -2.18. The number of benzene rings is 2. The molecule has 0 unspecified atom stereocenters. The summed E-state index contributed by atoms with van der Waals surface area (Å²) in [5, 5.41) is 4.08. The summed E-state index contributed by atoms with van der Waals surface area (Å²) in [5.41, 5.74) is 2.99. The molecule has 0 saturated carbocycles. The highest BCUT2D eigenvalue weighted by molar-refractivity contribution is 6.00. The highest BCUT2D eigenvalue weighted by Crippen LogP contribution is 2.26. The summed E-state index contributed by atoms with van der Waals surface area (Å²) in [4.78, 5) is 14.5. The maximum atomic E-state index is 12.9. The first-order valence-electron chi connectivity index (χ1n) is 8.53. The summed E-state index contributed by atoms with van der Waals surface area (Å²) in [6.07, 6.45) is 0.